The van der Waals surface area contributed by atoms with Gasteiger partial charge >= 0.3 is 33.6 Å². The van der Waals surface area contributed by atoms with Gasteiger partial charge in [-0.1, -0.05) is 287 Å². The zero-order valence-electron chi connectivity index (χ0n) is 57.8. The summed E-state index contributed by atoms with van der Waals surface area (Å²) in [5.41, 5.74) is 0. The van der Waals surface area contributed by atoms with Gasteiger partial charge in [0.2, 0.25) is 0 Å². The summed E-state index contributed by atoms with van der Waals surface area (Å²) >= 11 is 0. The molecule has 91 heavy (non-hydrogen) atoms. The Morgan fingerprint density at radius 1 is 0.308 bits per heavy atom. The number of aliphatic hydroxyl groups is 2. The van der Waals surface area contributed by atoms with E-state index in [-0.39, 0.29) is 19.3 Å². The lowest BCUT2D eigenvalue weighted by Gasteiger charge is -2.21. The van der Waals surface area contributed by atoms with Crippen molar-refractivity contribution in [3.8, 4) is 0 Å². The highest BCUT2D eigenvalue weighted by Gasteiger charge is 2.29. The van der Waals surface area contributed by atoms with E-state index in [2.05, 4.69) is 81.5 Å². The van der Waals surface area contributed by atoms with Crippen LogP contribution in [0.15, 0.2) is 60.8 Å². The molecule has 5 unspecified atom stereocenters. The standard InChI is InChI=1S/C73H134O16P2/c1-4-7-10-13-16-19-22-24-25-26-27-28-29-30-31-32-33-34-35-36-37-38-39-40-41-43-46-47-50-53-56-59-71(76)83-62-68(74)63-85-90(79,80)86-64-69(75)65-87-91(81,82)88-67-70(89-73(78)61-58-55-52-49-44-21-18-15-12-9-6-3)66-84-72(77)60-57-54-51-48-45-42-23-20-17-14-11-8-5-2/h15-16,18-19,24-25,27-28,30-31,68-70,74-75H,4-14,17,20-23,26,29,32-67H2,1-3H3,(H,79,80)(H,81,82)/b18-15-,19-16-,25-24-,28-27-,31-30-. The summed E-state index contributed by atoms with van der Waals surface area (Å²) in [6, 6.07) is 0. The van der Waals surface area contributed by atoms with Crippen LogP contribution >= 0.6 is 15.6 Å². The molecule has 5 atom stereocenters. The van der Waals surface area contributed by atoms with Crippen LogP contribution in [0.4, 0.5) is 0 Å². The van der Waals surface area contributed by atoms with E-state index < -0.39 is 91.5 Å². The van der Waals surface area contributed by atoms with Crippen molar-refractivity contribution in [1.29, 1.82) is 0 Å². The summed E-state index contributed by atoms with van der Waals surface area (Å²) in [6.07, 6.45) is 70.2. The Morgan fingerprint density at radius 2 is 0.560 bits per heavy atom. The maximum absolute atomic E-state index is 12.8. The summed E-state index contributed by atoms with van der Waals surface area (Å²) < 4.78 is 60.8. The smallest absolute Gasteiger partial charge is 0.463 e. The number of phosphoric ester groups is 2. The Hall–Kier alpha value is -2.75. The first-order chi connectivity index (χ1) is 44.2. The van der Waals surface area contributed by atoms with Gasteiger partial charge in [0.15, 0.2) is 6.10 Å². The fourth-order valence-corrected chi connectivity index (χ4v) is 11.7. The number of phosphoric acid groups is 2. The quantitative estimate of drug-likeness (QED) is 0.0146. The van der Waals surface area contributed by atoms with Crippen LogP contribution in [0, 0.1) is 0 Å². The average Bonchev–Trinajstić information content (AvgIpc) is 3.45. The first-order valence-electron chi connectivity index (χ1n) is 36.6. The molecule has 0 saturated carbocycles. The molecule has 0 saturated heterocycles. The van der Waals surface area contributed by atoms with E-state index in [0.29, 0.717) is 19.3 Å². The second kappa shape index (κ2) is 67.2. The zero-order valence-corrected chi connectivity index (χ0v) is 59.6. The van der Waals surface area contributed by atoms with E-state index in [1.165, 1.54) is 173 Å². The highest BCUT2D eigenvalue weighted by atomic mass is 31.2. The molecule has 0 bridgehead atoms. The van der Waals surface area contributed by atoms with E-state index in [9.17, 15) is 43.5 Å². The van der Waals surface area contributed by atoms with E-state index in [1.807, 2.05) is 0 Å². The van der Waals surface area contributed by atoms with Crippen LogP contribution < -0.4 is 0 Å². The van der Waals surface area contributed by atoms with Gasteiger partial charge < -0.3 is 34.2 Å². The van der Waals surface area contributed by atoms with Crippen LogP contribution in [0.1, 0.15) is 329 Å². The van der Waals surface area contributed by atoms with Gasteiger partial charge in [0, 0.05) is 19.3 Å². The predicted molar refractivity (Wildman–Crippen MR) is 372 cm³/mol. The number of carbonyl (C=O) groups excluding carboxylic acids is 3. The molecule has 0 aromatic carbocycles. The lowest BCUT2D eigenvalue weighted by atomic mass is 10.0. The van der Waals surface area contributed by atoms with Crippen molar-refractivity contribution >= 4 is 33.6 Å². The first kappa shape index (κ1) is 88.2. The van der Waals surface area contributed by atoms with Crippen molar-refractivity contribution < 1.29 is 75.8 Å². The van der Waals surface area contributed by atoms with Crippen LogP contribution in [0.5, 0.6) is 0 Å². The minimum absolute atomic E-state index is 0.0993. The Labute approximate surface area is 554 Å². The largest absolute Gasteiger partial charge is 0.472 e. The molecule has 0 spiro atoms. The van der Waals surface area contributed by atoms with Gasteiger partial charge in [-0.2, -0.15) is 0 Å². The molecule has 0 aromatic heterocycles. The third-order valence-corrected chi connectivity index (χ3v) is 17.6. The van der Waals surface area contributed by atoms with Crippen LogP contribution in [0.25, 0.3) is 0 Å². The molecule has 0 aliphatic rings. The number of hydrogen-bond donors (Lipinski definition) is 4. The summed E-state index contributed by atoms with van der Waals surface area (Å²) in [5.74, 6) is -1.57. The Balaban J connectivity index is 4.31. The molecule has 0 aliphatic carbocycles. The molecule has 532 valence electrons. The van der Waals surface area contributed by atoms with E-state index in [0.717, 1.165) is 96.3 Å². The topological polar surface area (TPSA) is 231 Å². The number of ether oxygens (including phenoxy) is 3. The highest BCUT2D eigenvalue weighted by Crippen LogP contribution is 2.45. The molecule has 0 amide bonds. The normalized spacial score (nSPS) is 14.5. The molecule has 0 rings (SSSR count). The number of allylic oxidation sites excluding steroid dienone is 10. The molecular formula is C73H134O16P2. The van der Waals surface area contributed by atoms with Gasteiger partial charge in [-0.25, -0.2) is 9.13 Å². The van der Waals surface area contributed by atoms with Crippen LogP contribution in [-0.4, -0.2) is 95.9 Å². The molecule has 0 heterocycles. The van der Waals surface area contributed by atoms with Gasteiger partial charge in [-0.05, 0) is 83.5 Å². The minimum atomic E-state index is -4.91. The van der Waals surface area contributed by atoms with Gasteiger partial charge in [-0.15, -0.1) is 0 Å². The average molecular weight is 1330 g/mol. The zero-order chi connectivity index (χ0) is 66.7. The third kappa shape index (κ3) is 68.4. The van der Waals surface area contributed by atoms with E-state index in [1.54, 1.807) is 0 Å². The fraction of sp³-hybridized carbons (Fsp3) is 0.822. The molecule has 0 aromatic rings. The number of aliphatic hydroxyl groups excluding tert-OH is 2. The van der Waals surface area contributed by atoms with Gasteiger partial charge in [-0.3, -0.25) is 32.5 Å². The molecular weight excluding hydrogens is 1190 g/mol. The monoisotopic (exact) mass is 1330 g/mol. The van der Waals surface area contributed by atoms with Gasteiger partial charge in [0.05, 0.1) is 26.4 Å². The predicted octanol–water partition coefficient (Wildman–Crippen LogP) is 20.5. The molecule has 0 aliphatic heterocycles. The molecule has 16 nitrogen and oxygen atoms in total. The summed E-state index contributed by atoms with van der Waals surface area (Å²) in [4.78, 5) is 58.3. The Morgan fingerprint density at radius 3 is 0.934 bits per heavy atom. The highest BCUT2D eigenvalue weighted by molar-refractivity contribution is 7.47. The van der Waals surface area contributed by atoms with Crippen molar-refractivity contribution in [3.05, 3.63) is 60.8 Å². The fourth-order valence-electron chi connectivity index (χ4n) is 10.1. The number of carbonyl (C=O) groups is 3. The first-order valence-corrected chi connectivity index (χ1v) is 39.6. The van der Waals surface area contributed by atoms with Gasteiger partial charge in [0.25, 0.3) is 0 Å². The number of hydrogen-bond acceptors (Lipinski definition) is 14. The molecule has 0 fully saturated rings. The second-order valence-corrected chi connectivity index (χ2v) is 27.7. The van der Waals surface area contributed by atoms with Crippen molar-refractivity contribution in [3.63, 3.8) is 0 Å². The van der Waals surface area contributed by atoms with Crippen LogP contribution in [0.3, 0.4) is 0 Å². The Kier molecular flexibility index (Phi) is 65.2. The summed E-state index contributed by atoms with van der Waals surface area (Å²) in [6.45, 7) is 2.63. The number of esters is 3. The van der Waals surface area contributed by atoms with Crippen molar-refractivity contribution in [2.24, 2.45) is 0 Å². The number of rotatable bonds is 70. The van der Waals surface area contributed by atoms with Crippen LogP contribution in [0.2, 0.25) is 0 Å². The maximum Gasteiger partial charge on any atom is 0.472 e. The van der Waals surface area contributed by atoms with Crippen LogP contribution in [-0.2, 0) is 55.8 Å². The lowest BCUT2D eigenvalue weighted by molar-refractivity contribution is -0.161. The molecule has 0 radical (unpaired) electrons. The lowest BCUT2D eigenvalue weighted by Crippen LogP contribution is -2.30. The summed E-state index contributed by atoms with van der Waals surface area (Å²) in [5, 5.41) is 20.6. The minimum Gasteiger partial charge on any atom is -0.463 e. The molecule has 4 N–H and O–H groups in total. The summed E-state index contributed by atoms with van der Waals surface area (Å²) in [7, 11) is -9.76. The van der Waals surface area contributed by atoms with Gasteiger partial charge in [0.1, 0.15) is 25.4 Å². The van der Waals surface area contributed by atoms with Crippen molar-refractivity contribution in [1.82, 2.24) is 0 Å². The third-order valence-electron chi connectivity index (χ3n) is 15.7. The SMILES string of the molecule is CCCC/C=C\CCCCCCCC(=O)OC(COC(=O)CCCCCCCCCCCCCCC)COP(=O)(O)OCC(O)COP(=O)(O)OCC(O)COC(=O)CCCCCCCCCCCCCCCCC/C=C\C/C=C\C/C=C\C/C=C\CCCCC. The molecule has 18 heteroatoms. The maximum atomic E-state index is 12.8. The second-order valence-electron chi connectivity index (χ2n) is 24.7. The van der Waals surface area contributed by atoms with Crippen molar-refractivity contribution in [2.45, 2.75) is 347 Å². The number of unbranched alkanes of at least 4 members (excludes halogenated alkanes) is 37. The Bertz CT molecular complexity index is 1910. The van der Waals surface area contributed by atoms with E-state index in [4.69, 9.17) is 32.3 Å². The van der Waals surface area contributed by atoms with Crippen molar-refractivity contribution in [2.75, 3.05) is 39.6 Å². The van der Waals surface area contributed by atoms with E-state index >= 15 is 0 Å².